The van der Waals surface area contributed by atoms with Gasteiger partial charge in [-0.2, -0.15) is 0 Å². The van der Waals surface area contributed by atoms with Crippen LogP contribution < -0.4 is 9.80 Å². The van der Waals surface area contributed by atoms with E-state index in [4.69, 9.17) is 4.74 Å². The lowest BCUT2D eigenvalue weighted by molar-refractivity contribution is -0.131. The van der Waals surface area contributed by atoms with Crippen molar-refractivity contribution >= 4 is 23.3 Å². The molecule has 1 aromatic heterocycles. The third-order valence-electron chi connectivity index (χ3n) is 5.24. The first kappa shape index (κ1) is 22.6. The number of methoxy groups -OCH3 is 1. The van der Waals surface area contributed by atoms with Crippen LogP contribution in [-0.4, -0.2) is 68.1 Å². The zero-order chi connectivity index (χ0) is 22.5. The molecule has 8 nitrogen and oxygen atoms in total. The summed E-state index contributed by atoms with van der Waals surface area (Å²) in [5.41, 5.74) is 1.42. The van der Waals surface area contributed by atoms with Crippen molar-refractivity contribution in [3.63, 3.8) is 0 Å². The molecule has 31 heavy (non-hydrogen) atoms. The Hall–Kier alpha value is -3.07. The maximum atomic E-state index is 13.2. The summed E-state index contributed by atoms with van der Waals surface area (Å²) in [6.07, 6.45) is 0.598. The van der Waals surface area contributed by atoms with Gasteiger partial charge in [0, 0.05) is 58.9 Å². The number of carbonyl (C=O) groups excluding carboxylic acids is 2. The number of anilines is 2. The minimum atomic E-state index is -0.341. The number of hydrogen-bond acceptors (Lipinski definition) is 6. The average Bonchev–Trinajstić information content (AvgIpc) is 3.13. The predicted molar refractivity (Wildman–Crippen MR) is 115 cm³/mol. The number of halogens is 1. The van der Waals surface area contributed by atoms with Crippen molar-refractivity contribution in [3.05, 3.63) is 47.7 Å². The molecule has 0 radical (unpaired) electrons. The third-order valence-corrected chi connectivity index (χ3v) is 5.24. The molecule has 1 fully saturated rings. The van der Waals surface area contributed by atoms with Crippen LogP contribution in [0.15, 0.2) is 30.3 Å². The minimum Gasteiger partial charge on any atom is -0.384 e. The Balaban J connectivity index is 1.81. The minimum absolute atomic E-state index is 0.0324. The van der Waals surface area contributed by atoms with Crippen LogP contribution in [0.4, 0.5) is 15.9 Å². The van der Waals surface area contributed by atoms with Gasteiger partial charge in [-0.3, -0.25) is 9.59 Å². The number of carbonyl (C=O) groups is 2. The summed E-state index contributed by atoms with van der Waals surface area (Å²) in [6, 6.07) is 7.78. The highest BCUT2D eigenvalue weighted by atomic mass is 19.1. The van der Waals surface area contributed by atoms with Crippen molar-refractivity contribution < 1.29 is 18.7 Å². The molecule has 2 aromatic rings. The molecule has 2 amide bonds. The van der Waals surface area contributed by atoms with E-state index >= 15 is 0 Å². The molecule has 9 heteroatoms. The van der Waals surface area contributed by atoms with E-state index in [0.717, 1.165) is 5.69 Å². The molecule has 1 aliphatic rings. The normalized spacial score (nSPS) is 16.0. The number of nitrogens with zero attached hydrogens (tertiary/aromatic N) is 5. The van der Waals surface area contributed by atoms with Crippen LogP contribution in [0.25, 0.3) is 0 Å². The van der Waals surface area contributed by atoms with Crippen LogP contribution in [0.1, 0.15) is 30.3 Å². The van der Waals surface area contributed by atoms with E-state index in [2.05, 4.69) is 9.97 Å². The number of aromatic nitrogens is 2. The second-order valence-electron chi connectivity index (χ2n) is 7.84. The fraction of sp³-hybridized carbons (Fsp3) is 0.455. The van der Waals surface area contributed by atoms with Gasteiger partial charge in [-0.05, 0) is 24.3 Å². The maximum absolute atomic E-state index is 13.2. The lowest BCUT2D eigenvalue weighted by atomic mass is 10.0. The maximum Gasteiger partial charge on any atom is 0.227 e. The smallest absolute Gasteiger partial charge is 0.227 e. The van der Waals surface area contributed by atoms with Crippen molar-refractivity contribution in [2.24, 2.45) is 0 Å². The van der Waals surface area contributed by atoms with Gasteiger partial charge in [-0.1, -0.05) is 0 Å². The van der Waals surface area contributed by atoms with Gasteiger partial charge in [0.2, 0.25) is 11.8 Å². The van der Waals surface area contributed by atoms with Crippen molar-refractivity contribution in [2.75, 3.05) is 51.2 Å². The lowest BCUT2D eigenvalue weighted by Crippen LogP contribution is -2.28. The second kappa shape index (κ2) is 9.82. The van der Waals surface area contributed by atoms with Gasteiger partial charge in [-0.15, -0.1) is 0 Å². The standard InChI is InChI=1S/C22H28FN5O3/c1-26(2)20-12-18(24-19(25-20)14-27(3)21(29)9-10-31-4)15-11-22(30)28(13-15)17-7-5-16(23)6-8-17/h5-8,12,15H,9-11,13-14H2,1-4H3/t15-/m1/s1. The Kier molecular flexibility index (Phi) is 7.17. The molecule has 0 saturated carbocycles. The van der Waals surface area contributed by atoms with E-state index in [9.17, 15) is 14.0 Å². The molecule has 0 unspecified atom stereocenters. The summed E-state index contributed by atoms with van der Waals surface area (Å²) >= 11 is 0. The molecular weight excluding hydrogens is 401 g/mol. The van der Waals surface area contributed by atoms with Crippen molar-refractivity contribution in [2.45, 2.75) is 25.3 Å². The molecule has 166 valence electrons. The van der Waals surface area contributed by atoms with Gasteiger partial charge < -0.3 is 19.4 Å². The first-order valence-electron chi connectivity index (χ1n) is 10.1. The van der Waals surface area contributed by atoms with E-state index in [1.807, 2.05) is 25.1 Å². The Morgan fingerprint density at radius 3 is 2.58 bits per heavy atom. The molecule has 1 saturated heterocycles. The summed E-state index contributed by atoms with van der Waals surface area (Å²) in [4.78, 5) is 39.2. The molecule has 3 rings (SSSR count). The third kappa shape index (κ3) is 5.55. The summed E-state index contributed by atoms with van der Waals surface area (Å²) < 4.78 is 18.2. The van der Waals surface area contributed by atoms with E-state index in [1.54, 1.807) is 36.1 Å². The fourth-order valence-electron chi connectivity index (χ4n) is 3.47. The molecule has 1 aromatic carbocycles. The largest absolute Gasteiger partial charge is 0.384 e. The van der Waals surface area contributed by atoms with Crippen LogP contribution in [0.2, 0.25) is 0 Å². The molecule has 0 spiro atoms. The number of ether oxygens (including phenoxy) is 1. The Morgan fingerprint density at radius 2 is 1.94 bits per heavy atom. The Labute approximate surface area is 181 Å². The molecule has 0 aliphatic carbocycles. The number of benzene rings is 1. The summed E-state index contributed by atoms with van der Waals surface area (Å²) in [5.74, 6) is 0.683. The van der Waals surface area contributed by atoms with Crippen LogP contribution in [0.3, 0.4) is 0 Å². The number of rotatable bonds is 8. The van der Waals surface area contributed by atoms with Gasteiger partial charge in [0.25, 0.3) is 0 Å². The second-order valence-corrected chi connectivity index (χ2v) is 7.84. The Morgan fingerprint density at radius 1 is 1.23 bits per heavy atom. The van der Waals surface area contributed by atoms with Crippen molar-refractivity contribution in [3.8, 4) is 0 Å². The van der Waals surface area contributed by atoms with E-state index in [0.29, 0.717) is 36.9 Å². The monoisotopic (exact) mass is 429 g/mol. The van der Waals surface area contributed by atoms with Gasteiger partial charge in [0.15, 0.2) is 0 Å². The molecule has 1 aliphatic heterocycles. The Bertz CT molecular complexity index is 935. The summed E-state index contributed by atoms with van der Waals surface area (Å²) in [7, 11) is 7.03. The number of amides is 2. The topological polar surface area (TPSA) is 78.9 Å². The fourth-order valence-corrected chi connectivity index (χ4v) is 3.47. The summed E-state index contributed by atoms with van der Waals surface area (Å²) in [6.45, 7) is 1.08. The zero-order valence-electron chi connectivity index (χ0n) is 18.3. The van der Waals surface area contributed by atoms with Crippen LogP contribution in [0.5, 0.6) is 0 Å². The van der Waals surface area contributed by atoms with Crippen molar-refractivity contribution in [1.29, 1.82) is 0 Å². The van der Waals surface area contributed by atoms with Gasteiger partial charge in [0.1, 0.15) is 17.5 Å². The van der Waals surface area contributed by atoms with Crippen molar-refractivity contribution in [1.82, 2.24) is 14.9 Å². The molecule has 2 heterocycles. The van der Waals surface area contributed by atoms with E-state index in [1.165, 1.54) is 12.1 Å². The SMILES string of the molecule is COCCC(=O)N(C)Cc1nc([C@@H]2CC(=O)N(c3ccc(F)cc3)C2)cc(N(C)C)n1. The molecule has 0 N–H and O–H groups in total. The first-order valence-corrected chi connectivity index (χ1v) is 10.1. The lowest BCUT2D eigenvalue weighted by Gasteiger charge is -2.20. The van der Waals surface area contributed by atoms with Gasteiger partial charge in [-0.25, -0.2) is 14.4 Å². The van der Waals surface area contributed by atoms with Crippen LogP contribution in [0, 0.1) is 5.82 Å². The highest BCUT2D eigenvalue weighted by Crippen LogP contribution is 2.32. The predicted octanol–water partition coefficient (Wildman–Crippen LogP) is 2.20. The van der Waals surface area contributed by atoms with Crippen LogP contribution >= 0.6 is 0 Å². The molecule has 0 bridgehead atoms. The van der Waals surface area contributed by atoms with E-state index in [-0.39, 0.29) is 36.5 Å². The zero-order valence-corrected chi connectivity index (χ0v) is 18.3. The molecular formula is C22H28FN5O3. The highest BCUT2D eigenvalue weighted by Gasteiger charge is 2.33. The average molecular weight is 429 g/mol. The highest BCUT2D eigenvalue weighted by molar-refractivity contribution is 5.96. The molecule has 1 atom stereocenters. The number of hydrogen-bond donors (Lipinski definition) is 0. The van der Waals surface area contributed by atoms with Gasteiger partial charge in [0.05, 0.1) is 25.3 Å². The summed E-state index contributed by atoms with van der Waals surface area (Å²) in [5, 5.41) is 0. The van der Waals surface area contributed by atoms with E-state index < -0.39 is 0 Å². The van der Waals surface area contributed by atoms with Gasteiger partial charge >= 0.3 is 0 Å². The first-order chi connectivity index (χ1) is 14.8. The van der Waals surface area contributed by atoms with Crippen LogP contribution in [-0.2, 0) is 20.9 Å². The quantitative estimate of drug-likeness (QED) is 0.640.